The number of para-hydroxylation sites is 2. The highest BCUT2D eigenvalue weighted by Crippen LogP contribution is 2.29. The Morgan fingerprint density at radius 1 is 1.14 bits per heavy atom. The van der Waals surface area contributed by atoms with Crippen LogP contribution < -0.4 is 9.54 Å². The van der Waals surface area contributed by atoms with Gasteiger partial charge in [-0.1, -0.05) is 35.6 Å². The summed E-state index contributed by atoms with van der Waals surface area (Å²) in [5.41, 5.74) is 1.60. The Morgan fingerprint density at radius 2 is 2.00 bits per heavy atom. The van der Waals surface area contributed by atoms with E-state index in [0.717, 1.165) is 15.6 Å². The summed E-state index contributed by atoms with van der Waals surface area (Å²) in [6, 6.07) is 15.3. The highest BCUT2D eigenvalue weighted by molar-refractivity contribution is 7.16. The second kappa shape index (κ2) is 8.63. The molecule has 0 aliphatic rings. The van der Waals surface area contributed by atoms with Crippen molar-refractivity contribution < 1.29 is 18.7 Å². The second-order valence-electron chi connectivity index (χ2n) is 6.34. The maximum Gasteiger partial charge on any atom is 0.315 e. The smallest absolute Gasteiger partial charge is 0.315 e. The number of furan rings is 1. The van der Waals surface area contributed by atoms with E-state index >= 15 is 0 Å². The third-order valence-corrected chi connectivity index (χ3v) is 5.53. The van der Waals surface area contributed by atoms with Crippen molar-refractivity contribution in [3.05, 3.63) is 59.1 Å². The molecule has 0 aliphatic carbocycles. The largest absolute Gasteiger partial charge is 0.490 e. The van der Waals surface area contributed by atoms with E-state index in [4.69, 9.17) is 13.9 Å². The molecule has 0 radical (unpaired) electrons. The molecule has 4 aromatic rings. The molecule has 0 N–H and O–H groups in total. The maximum atomic E-state index is 12.9. The van der Waals surface area contributed by atoms with E-state index in [1.807, 2.05) is 60.9 Å². The summed E-state index contributed by atoms with van der Waals surface area (Å²) in [5.74, 6) is 0.402. The molecular weight excluding hydrogens is 388 g/mol. The van der Waals surface area contributed by atoms with Crippen molar-refractivity contribution >= 4 is 38.4 Å². The van der Waals surface area contributed by atoms with E-state index < -0.39 is 5.91 Å². The van der Waals surface area contributed by atoms with Crippen molar-refractivity contribution in [1.29, 1.82) is 0 Å². The lowest BCUT2D eigenvalue weighted by Crippen LogP contribution is -2.19. The molecule has 0 spiro atoms. The number of hydrogen-bond donors (Lipinski definition) is 0. The van der Waals surface area contributed by atoms with Crippen LogP contribution in [0.1, 0.15) is 24.4 Å². The van der Waals surface area contributed by atoms with E-state index in [2.05, 4.69) is 4.99 Å². The lowest BCUT2D eigenvalue weighted by atomic mass is 10.2. The van der Waals surface area contributed by atoms with Crippen LogP contribution in [0.4, 0.5) is 0 Å². The number of aromatic nitrogens is 1. The summed E-state index contributed by atoms with van der Waals surface area (Å²) in [4.78, 5) is 17.9. The van der Waals surface area contributed by atoms with Crippen LogP contribution in [-0.4, -0.2) is 30.3 Å². The lowest BCUT2D eigenvalue weighted by Gasteiger charge is -2.05. The Hall–Kier alpha value is -2.90. The molecule has 1 amide bonds. The maximum absolute atomic E-state index is 12.9. The van der Waals surface area contributed by atoms with Crippen LogP contribution >= 0.6 is 11.3 Å². The fourth-order valence-electron chi connectivity index (χ4n) is 3.18. The molecule has 4 rings (SSSR count). The van der Waals surface area contributed by atoms with Crippen molar-refractivity contribution in [3.63, 3.8) is 0 Å². The molecule has 6 nitrogen and oxygen atoms in total. The van der Waals surface area contributed by atoms with Gasteiger partial charge in [-0.05, 0) is 38.1 Å². The van der Waals surface area contributed by atoms with Gasteiger partial charge in [-0.3, -0.25) is 4.79 Å². The quantitative estimate of drug-likeness (QED) is 0.417. The van der Waals surface area contributed by atoms with Gasteiger partial charge in [-0.2, -0.15) is 4.99 Å². The number of fused-ring (bicyclic) bond motifs is 2. The molecule has 0 atom stereocenters. The molecule has 0 saturated heterocycles. The van der Waals surface area contributed by atoms with Gasteiger partial charge in [0, 0.05) is 18.5 Å². The van der Waals surface area contributed by atoms with Crippen molar-refractivity contribution in [3.8, 4) is 5.75 Å². The Kier molecular flexibility index (Phi) is 5.78. The second-order valence-corrected chi connectivity index (χ2v) is 7.35. The summed E-state index contributed by atoms with van der Waals surface area (Å²) < 4.78 is 20.0. The highest BCUT2D eigenvalue weighted by atomic mass is 32.1. The molecule has 0 fully saturated rings. The van der Waals surface area contributed by atoms with Crippen molar-refractivity contribution in [2.75, 3.05) is 19.8 Å². The van der Waals surface area contributed by atoms with Crippen molar-refractivity contribution in [2.24, 2.45) is 4.99 Å². The Morgan fingerprint density at radius 3 is 2.83 bits per heavy atom. The zero-order valence-corrected chi connectivity index (χ0v) is 17.2. The predicted molar refractivity (Wildman–Crippen MR) is 114 cm³/mol. The number of amides is 1. The molecule has 0 aliphatic heterocycles. The van der Waals surface area contributed by atoms with Crippen LogP contribution in [0.2, 0.25) is 0 Å². The van der Waals surface area contributed by atoms with Gasteiger partial charge in [0.25, 0.3) is 0 Å². The molecule has 29 heavy (non-hydrogen) atoms. The minimum atomic E-state index is -0.416. The predicted octanol–water partition coefficient (Wildman–Crippen LogP) is 4.63. The molecule has 150 valence electrons. The molecule has 7 heteroatoms. The van der Waals surface area contributed by atoms with Crippen molar-refractivity contribution in [2.45, 2.75) is 20.4 Å². The molecular formula is C22H22N2O4S. The first-order chi connectivity index (χ1) is 14.2. The van der Waals surface area contributed by atoms with Gasteiger partial charge >= 0.3 is 5.91 Å². The number of carbonyl (C=O) groups excluding carboxylic acids is 1. The van der Waals surface area contributed by atoms with Gasteiger partial charge in [-0.25, -0.2) is 0 Å². The van der Waals surface area contributed by atoms with E-state index in [-0.39, 0.29) is 5.76 Å². The van der Waals surface area contributed by atoms with E-state index in [9.17, 15) is 4.79 Å². The van der Waals surface area contributed by atoms with Gasteiger partial charge in [-0.15, -0.1) is 0 Å². The van der Waals surface area contributed by atoms with Crippen LogP contribution in [0.15, 0.2) is 57.9 Å². The lowest BCUT2D eigenvalue weighted by molar-refractivity contribution is 0.0972. The summed E-state index contributed by atoms with van der Waals surface area (Å²) >= 11 is 1.48. The molecule has 0 saturated carbocycles. The standard InChI is InChI=1S/C22H22N2O4S/c1-3-26-13-12-24-16-9-5-6-11-19(16)29-22(24)23-21(25)18-14-15-8-7-10-17(27-4-2)20(15)28-18/h5-11,14H,3-4,12-13H2,1-2H3. The van der Waals surface area contributed by atoms with Gasteiger partial charge in [0.1, 0.15) is 0 Å². The summed E-state index contributed by atoms with van der Waals surface area (Å²) in [5, 5.41) is 0.815. The van der Waals surface area contributed by atoms with Crippen LogP contribution in [0.3, 0.4) is 0 Å². The number of ether oxygens (including phenoxy) is 2. The minimum absolute atomic E-state index is 0.195. The monoisotopic (exact) mass is 410 g/mol. The van der Waals surface area contributed by atoms with Crippen LogP contribution in [-0.2, 0) is 11.3 Å². The van der Waals surface area contributed by atoms with E-state index in [0.29, 0.717) is 42.5 Å². The fraction of sp³-hybridized carbons (Fsp3) is 0.273. The third-order valence-electron chi connectivity index (χ3n) is 4.47. The normalized spacial score (nSPS) is 12.1. The van der Waals surface area contributed by atoms with Crippen molar-refractivity contribution in [1.82, 2.24) is 4.57 Å². The Balaban J connectivity index is 1.75. The molecule has 0 bridgehead atoms. The average Bonchev–Trinajstić information content (AvgIpc) is 3.31. The van der Waals surface area contributed by atoms with Gasteiger partial charge < -0.3 is 18.5 Å². The zero-order chi connectivity index (χ0) is 20.2. The van der Waals surface area contributed by atoms with E-state index in [1.54, 1.807) is 6.07 Å². The Labute approximate surface area is 172 Å². The topological polar surface area (TPSA) is 66.0 Å². The summed E-state index contributed by atoms with van der Waals surface area (Å²) in [6.07, 6.45) is 0. The number of benzene rings is 2. The first-order valence-electron chi connectivity index (χ1n) is 9.61. The number of carbonyl (C=O) groups is 1. The van der Waals surface area contributed by atoms with Crippen LogP contribution in [0.25, 0.3) is 21.2 Å². The number of rotatable bonds is 7. The molecule has 2 aromatic carbocycles. The van der Waals surface area contributed by atoms with Crippen LogP contribution in [0.5, 0.6) is 5.75 Å². The fourth-order valence-corrected chi connectivity index (χ4v) is 4.23. The first kappa shape index (κ1) is 19.4. The highest BCUT2D eigenvalue weighted by Gasteiger charge is 2.15. The molecule has 2 aromatic heterocycles. The average molecular weight is 410 g/mol. The van der Waals surface area contributed by atoms with Gasteiger partial charge in [0.15, 0.2) is 21.9 Å². The minimum Gasteiger partial charge on any atom is -0.490 e. The zero-order valence-electron chi connectivity index (χ0n) is 16.4. The first-order valence-corrected chi connectivity index (χ1v) is 10.4. The molecule has 0 unspecified atom stereocenters. The SMILES string of the molecule is CCOCCn1c(=NC(=O)c2cc3cccc(OCC)c3o2)sc2ccccc21. The Bertz CT molecular complexity index is 1220. The number of nitrogens with zero attached hydrogens (tertiary/aromatic N) is 2. The van der Waals surface area contributed by atoms with Gasteiger partial charge in [0.05, 0.1) is 23.4 Å². The molecule has 2 heterocycles. The number of hydrogen-bond acceptors (Lipinski definition) is 5. The summed E-state index contributed by atoms with van der Waals surface area (Å²) in [7, 11) is 0. The third kappa shape index (κ3) is 3.97. The van der Waals surface area contributed by atoms with Gasteiger partial charge in [0.2, 0.25) is 0 Å². The van der Waals surface area contributed by atoms with Crippen LogP contribution in [0, 0.1) is 0 Å². The van der Waals surface area contributed by atoms with E-state index in [1.165, 1.54) is 11.3 Å². The summed E-state index contributed by atoms with van der Waals surface area (Å²) in [6.45, 7) is 6.22. The number of thiazole rings is 1.